The van der Waals surface area contributed by atoms with Crippen LogP contribution >= 0.6 is 11.3 Å². The number of aromatic nitrogens is 1. The van der Waals surface area contributed by atoms with Crippen molar-refractivity contribution in [2.24, 2.45) is 0 Å². The molecule has 3 heterocycles. The molecule has 2 aliphatic heterocycles. The molecular formula is C15H16N2S. The number of nitrogens with zero attached hydrogens (tertiary/aromatic N) is 2. The first-order valence-corrected chi connectivity index (χ1v) is 7.46. The molecule has 92 valence electrons. The average Bonchev–Trinajstić information content (AvgIpc) is 3.05. The summed E-state index contributed by atoms with van der Waals surface area (Å²) >= 11 is 1.76. The highest BCUT2D eigenvalue weighted by molar-refractivity contribution is 7.09. The van der Waals surface area contributed by atoms with Crippen LogP contribution < -0.4 is 0 Å². The second-order valence-electron chi connectivity index (χ2n) is 5.27. The van der Waals surface area contributed by atoms with E-state index < -0.39 is 0 Å². The lowest BCUT2D eigenvalue weighted by Crippen LogP contribution is -2.19. The topological polar surface area (TPSA) is 16.1 Å². The minimum absolute atomic E-state index is 0.633. The summed E-state index contributed by atoms with van der Waals surface area (Å²) in [5.74, 6) is 0. The summed E-state index contributed by atoms with van der Waals surface area (Å²) in [5.41, 5.74) is 4.35. The standard InChI is InChI=1S/C15H16N2S/c1-10-16-11(9-18-10)8-17-14-6-7-15(17)13-5-3-2-4-12(13)14/h2-5,9,14-15H,6-8H2,1H3. The van der Waals surface area contributed by atoms with Crippen molar-refractivity contribution in [3.63, 3.8) is 0 Å². The Morgan fingerprint density at radius 1 is 1.22 bits per heavy atom. The Hall–Kier alpha value is -1.19. The highest BCUT2D eigenvalue weighted by Crippen LogP contribution is 2.53. The van der Waals surface area contributed by atoms with Gasteiger partial charge in [-0.2, -0.15) is 0 Å². The van der Waals surface area contributed by atoms with Gasteiger partial charge in [0.15, 0.2) is 0 Å². The van der Waals surface area contributed by atoms with E-state index in [-0.39, 0.29) is 0 Å². The maximum Gasteiger partial charge on any atom is 0.0897 e. The van der Waals surface area contributed by atoms with E-state index in [4.69, 9.17) is 0 Å². The van der Waals surface area contributed by atoms with E-state index in [1.807, 2.05) is 0 Å². The molecule has 18 heavy (non-hydrogen) atoms. The summed E-state index contributed by atoms with van der Waals surface area (Å²) in [7, 11) is 0. The predicted octanol–water partition coefficient (Wildman–Crippen LogP) is 3.84. The van der Waals surface area contributed by atoms with Gasteiger partial charge in [-0.15, -0.1) is 11.3 Å². The summed E-state index contributed by atoms with van der Waals surface area (Å²) in [6, 6.07) is 10.2. The van der Waals surface area contributed by atoms with Crippen LogP contribution in [-0.4, -0.2) is 9.88 Å². The molecule has 1 aromatic heterocycles. The molecule has 2 nitrogen and oxygen atoms in total. The van der Waals surface area contributed by atoms with Gasteiger partial charge in [0.1, 0.15) is 0 Å². The number of hydrogen-bond donors (Lipinski definition) is 0. The van der Waals surface area contributed by atoms with Crippen molar-refractivity contribution in [1.29, 1.82) is 0 Å². The van der Waals surface area contributed by atoms with E-state index >= 15 is 0 Å². The molecule has 2 aromatic rings. The molecular weight excluding hydrogens is 240 g/mol. The Bertz CT molecular complexity index is 559. The molecule has 1 fully saturated rings. The maximum absolute atomic E-state index is 4.61. The summed E-state index contributed by atoms with van der Waals surface area (Å²) in [4.78, 5) is 7.25. The number of fused-ring (bicyclic) bond motifs is 5. The average molecular weight is 256 g/mol. The zero-order valence-corrected chi connectivity index (χ0v) is 11.3. The van der Waals surface area contributed by atoms with Gasteiger partial charge < -0.3 is 0 Å². The Kier molecular flexibility index (Phi) is 2.32. The molecule has 2 aliphatic rings. The molecule has 1 saturated heterocycles. The molecule has 0 saturated carbocycles. The summed E-state index contributed by atoms with van der Waals surface area (Å²) in [6.07, 6.45) is 2.62. The van der Waals surface area contributed by atoms with Gasteiger partial charge in [0.05, 0.1) is 10.7 Å². The van der Waals surface area contributed by atoms with Crippen molar-refractivity contribution in [2.45, 2.75) is 38.4 Å². The van der Waals surface area contributed by atoms with Crippen LogP contribution in [0, 0.1) is 6.92 Å². The first-order chi connectivity index (χ1) is 8.83. The van der Waals surface area contributed by atoms with Crippen molar-refractivity contribution in [1.82, 2.24) is 9.88 Å². The SMILES string of the molecule is Cc1nc(CN2C3CCC2c2ccccc23)cs1. The Morgan fingerprint density at radius 2 is 1.89 bits per heavy atom. The minimum Gasteiger partial charge on any atom is -0.283 e. The fraction of sp³-hybridized carbons (Fsp3) is 0.400. The lowest BCUT2D eigenvalue weighted by atomic mass is 9.92. The van der Waals surface area contributed by atoms with Crippen LogP contribution in [0.25, 0.3) is 0 Å². The zero-order chi connectivity index (χ0) is 12.1. The van der Waals surface area contributed by atoms with Crippen molar-refractivity contribution in [3.8, 4) is 0 Å². The molecule has 3 heteroatoms. The van der Waals surface area contributed by atoms with Gasteiger partial charge in [-0.1, -0.05) is 24.3 Å². The highest BCUT2D eigenvalue weighted by atomic mass is 32.1. The zero-order valence-electron chi connectivity index (χ0n) is 10.5. The van der Waals surface area contributed by atoms with Gasteiger partial charge in [-0.05, 0) is 30.9 Å². The largest absolute Gasteiger partial charge is 0.283 e. The molecule has 0 amide bonds. The third-order valence-electron chi connectivity index (χ3n) is 4.24. The summed E-state index contributed by atoms with van der Waals surface area (Å²) < 4.78 is 0. The third kappa shape index (κ3) is 1.47. The summed E-state index contributed by atoms with van der Waals surface area (Å²) in [6.45, 7) is 3.09. The number of rotatable bonds is 2. The van der Waals surface area contributed by atoms with E-state index in [1.165, 1.54) is 23.5 Å². The Balaban J connectivity index is 1.66. The van der Waals surface area contributed by atoms with Gasteiger partial charge in [0.25, 0.3) is 0 Å². The molecule has 2 atom stereocenters. The predicted molar refractivity (Wildman–Crippen MR) is 73.6 cm³/mol. The molecule has 0 N–H and O–H groups in total. The first-order valence-electron chi connectivity index (χ1n) is 6.58. The smallest absolute Gasteiger partial charge is 0.0897 e. The normalized spacial score (nSPS) is 25.6. The van der Waals surface area contributed by atoms with Gasteiger partial charge in [-0.3, -0.25) is 4.90 Å². The maximum atomic E-state index is 4.61. The molecule has 0 spiro atoms. The molecule has 0 radical (unpaired) electrons. The Labute approximate surface area is 111 Å². The fourth-order valence-corrected chi connectivity index (χ4v) is 4.14. The minimum atomic E-state index is 0.633. The van der Waals surface area contributed by atoms with Crippen LogP contribution in [-0.2, 0) is 6.54 Å². The fourth-order valence-electron chi connectivity index (χ4n) is 3.54. The molecule has 2 bridgehead atoms. The molecule has 0 aliphatic carbocycles. The lowest BCUT2D eigenvalue weighted by molar-refractivity contribution is 0.211. The second-order valence-corrected chi connectivity index (χ2v) is 6.33. The number of benzene rings is 1. The van der Waals surface area contributed by atoms with Crippen molar-refractivity contribution in [2.75, 3.05) is 0 Å². The van der Waals surface area contributed by atoms with Crippen LogP contribution in [0.3, 0.4) is 0 Å². The molecule has 2 unspecified atom stereocenters. The van der Waals surface area contributed by atoms with Crippen LogP contribution in [0.5, 0.6) is 0 Å². The van der Waals surface area contributed by atoms with Crippen LogP contribution in [0.1, 0.15) is 46.8 Å². The van der Waals surface area contributed by atoms with Gasteiger partial charge in [-0.25, -0.2) is 4.98 Å². The highest BCUT2D eigenvalue weighted by Gasteiger charge is 2.43. The van der Waals surface area contributed by atoms with Crippen LogP contribution in [0.2, 0.25) is 0 Å². The van der Waals surface area contributed by atoms with Gasteiger partial charge in [0, 0.05) is 24.0 Å². The monoisotopic (exact) mass is 256 g/mol. The van der Waals surface area contributed by atoms with Gasteiger partial charge >= 0.3 is 0 Å². The number of hydrogen-bond acceptors (Lipinski definition) is 3. The lowest BCUT2D eigenvalue weighted by Gasteiger charge is -2.20. The number of thiazole rings is 1. The van der Waals surface area contributed by atoms with Gasteiger partial charge in [0.2, 0.25) is 0 Å². The Morgan fingerprint density at radius 3 is 2.44 bits per heavy atom. The van der Waals surface area contributed by atoms with Crippen molar-refractivity contribution < 1.29 is 0 Å². The quantitative estimate of drug-likeness (QED) is 0.811. The summed E-state index contributed by atoms with van der Waals surface area (Å²) in [5, 5.41) is 3.38. The van der Waals surface area contributed by atoms with Crippen LogP contribution in [0.4, 0.5) is 0 Å². The van der Waals surface area contributed by atoms with Crippen molar-refractivity contribution >= 4 is 11.3 Å². The van der Waals surface area contributed by atoms with E-state index in [0.29, 0.717) is 12.1 Å². The molecule has 1 aromatic carbocycles. The molecule has 4 rings (SSSR count). The van der Waals surface area contributed by atoms with E-state index in [1.54, 1.807) is 22.5 Å². The van der Waals surface area contributed by atoms with E-state index in [2.05, 4.69) is 46.5 Å². The number of aryl methyl sites for hydroxylation is 1. The van der Waals surface area contributed by atoms with Crippen LogP contribution in [0.15, 0.2) is 29.6 Å². The second kappa shape index (κ2) is 3.90. The van der Waals surface area contributed by atoms with E-state index in [0.717, 1.165) is 6.54 Å². The third-order valence-corrected chi connectivity index (χ3v) is 5.06. The van der Waals surface area contributed by atoms with E-state index in [9.17, 15) is 0 Å². The van der Waals surface area contributed by atoms with Crippen molar-refractivity contribution in [3.05, 3.63) is 51.5 Å². The first kappa shape index (κ1) is 10.7.